The Balaban J connectivity index is 1.81. The molecule has 0 saturated heterocycles. The SMILES string of the molecule is CNCc1cnn(CCC2CC2)c1. The van der Waals surface area contributed by atoms with Crippen LogP contribution in [0.25, 0.3) is 0 Å². The van der Waals surface area contributed by atoms with Gasteiger partial charge in [0.2, 0.25) is 0 Å². The molecule has 1 aromatic heterocycles. The van der Waals surface area contributed by atoms with Crippen molar-refractivity contribution in [3.63, 3.8) is 0 Å². The number of aryl methyl sites for hydroxylation is 1. The molecule has 0 aromatic carbocycles. The highest BCUT2D eigenvalue weighted by molar-refractivity contribution is 5.02. The summed E-state index contributed by atoms with van der Waals surface area (Å²) in [5.41, 5.74) is 1.28. The molecule has 1 saturated carbocycles. The van der Waals surface area contributed by atoms with Crippen LogP contribution in [0.3, 0.4) is 0 Å². The van der Waals surface area contributed by atoms with Gasteiger partial charge >= 0.3 is 0 Å². The van der Waals surface area contributed by atoms with Gasteiger partial charge in [0, 0.05) is 24.8 Å². The van der Waals surface area contributed by atoms with Crippen molar-refractivity contribution in [3.8, 4) is 0 Å². The van der Waals surface area contributed by atoms with Gasteiger partial charge in [0.15, 0.2) is 0 Å². The number of nitrogens with one attached hydrogen (secondary N) is 1. The lowest BCUT2D eigenvalue weighted by Crippen LogP contribution is -2.04. The van der Waals surface area contributed by atoms with Crippen LogP contribution in [0.5, 0.6) is 0 Å². The second kappa shape index (κ2) is 3.92. The molecule has 13 heavy (non-hydrogen) atoms. The molecule has 3 nitrogen and oxygen atoms in total. The molecule has 0 unspecified atom stereocenters. The zero-order chi connectivity index (χ0) is 9.10. The summed E-state index contributed by atoms with van der Waals surface area (Å²) in [4.78, 5) is 0. The Kier molecular flexibility index (Phi) is 2.64. The summed E-state index contributed by atoms with van der Waals surface area (Å²) in [6, 6.07) is 0. The second-order valence-corrected chi connectivity index (χ2v) is 3.87. The van der Waals surface area contributed by atoms with E-state index in [1.54, 1.807) is 0 Å². The minimum absolute atomic E-state index is 0.920. The molecule has 0 amide bonds. The van der Waals surface area contributed by atoms with E-state index in [9.17, 15) is 0 Å². The summed E-state index contributed by atoms with van der Waals surface area (Å²) in [7, 11) is 1.96. The first kappa shape index (κ1) is 8.75. The summed E-state index contributed by atoms with van der Waals surface area (Å²) < 4.78 is 2.06. The third-order valence-electron chi connectivity index (χ3n) is 2.53. The van der Waals surface area contributed by atoms with Gasteiger partial charge in [-0.05, 0) is 19.4 Å². The van der Waals surface area contributed by atoms with Crippen molar-refractivity contribution in [2.75, 3.05) is 7.05 Å². The average molecular weight is 179 g/mol. The van der Waals surface area contributed by atoms with E-state index in [1.165, 1.54) is 24.8 Å². The van der Waals surface area contributed by atoms with Crippen LogP contribution in [0.15, 0.2) is 12.4 Å². The van der Waals surface area contributed by atoms with Crippen molar-refractivity contribution < 1.29 is 0 Å². The quantitative estimate of drug-likeness (QED) is 0.740. The van der Waals surface area contributed by atoms with Gasteiger partial charge in [0.25, 0.3) is 0 Å². The largest absolute Gasteiger partial charge is 0.316 e. The molecule has 1 aliphatic rings. The topological polar surface area (TPSA) is 29.9 Å². The third-order valence-corrected chi connectivity index (χ3v) is 2.53. The van der Waals surface area contributed by atoms with Crippen molar-refractivity contribution in [2.24, 2.45) is 5.92 Å². The van der Waals surface area contributed by atoms with Gasteiger partial charge in [-0.1, -0.05) is 12.8 Å². The van der Waals surface area contributed by atoms with Crippen LogP contribution in [-0.2, 0) is 13.1 Å². The highest BCUT2D eigenvalue weighted by atomic mass is 15.3. The van der Waals surface area contributed by atoms with E-state index in [0.29, 0.717) is 0 Å². The van der Waals surface area contributed by atoms with Crippen molar-refractivity contribution in [1.29, 1.82) is 0 Å². The van der Waals surface area contributed by atoms with Crippen molar-refractivity contribution in [2.45, 2.75) is 32.4 Å². The number of hydrogen-bond donors (Lipinski definition) is 1. The van der Waals surface area contributed by atoms with Gasteiger partial charge in [0.05, 0.1) is 6.20 Å². The Morgan fingerprint density at radius 1 is 1.62 bits per heavy atom. The first-order valence-corrected chi connectivity index (χ1v) is 5.04. The predicted octanol–water partition coefficient (Wildman–Crippen LogP) is 1.40. The standard InChI is InChI=1S/C10H17N3/c1-11-6-10-7-12-13(8-10)5-4-9-2-3-9/h7-9,11H,2-6H2,1H3. The fraction of sp³-hybridized carbons (Fsp3) is 0.700. The van der Waals surface area contributed by atoms with Crippen LogP contribution in [0.1, 0.15) is 24.8 Å². The van der Waals surface area contributed by atoms with Crippen LogP contribution < -0.4 is 5.32 Å². The highest BCUT2D eigenvalue weighted by Gasteiger charge is 2.20. The molecule has 72 valence electrons. The maximum absolute atomic E-state index is 4.31. The minimum atomic E-state index is 0.920. The molecule has 1 fully saturated rings. The first-order valence-electron chi connectivity index (χ1n) is 5.04. The summed E-state index contributed by atoms with van der Waals surface area (Å²) in [6.45, 7) is 2.01. The van der Waals surface area contributed by atoms with Crippen molar-refractivity contribution >= 4 is 0 Å². The Labute approximate surface area is 79.1 Å². The molecular weight excluding hydrogens is 162 g/mol. The lowest BCUT2D eigenvalue weighted by Gasteiger charge is -1.98. The highest BCUT2D eigenvalue weighted by Crippen LogP contribution is 2.32. The molecule has 1 aliphatic carbocycles. The van der Waals surface area contributed by atoms with Gasteiger partial charge in [-0.2, -0.15) is 5.10 Å². The molecule has 0 radical (unpaired) electrons. The van der Waals surface area contributed by atoms with E-state index < -0.39 is 0 Å². The molecule has 0 spiro atoms. The van der Waals surface area contributed by atoms with Crippen molar-refractivity contribution in [1.82, 2.24) is 15.1 Å². The molecule has 1 aromatic rings. The van der Waals surface area contributed by atoms with Gasteiger partial charge in [-0.25, -0.2) is 0 Å². The summed E-state index contributed by atoms with van der Waals surface area (Å²) in [5.74, 6) is 0.997. The molecular formula is C10H17N3. The van der Waals surface area contributed by atoms with E-state index in [1.807, 2.05) is 13.2 Å². The maximum Gasteiger partial charge on any atom is 0.0534 e. The minimum Gasteiger partial charge on any atom is -0.316 e. The van der Waals surface area contributed by atoms with Gasteiger partial charge in [-0.15, -0.1) is 0 Å². The molecule has 1 heterocycles. The average Bonchev–Trinajstić information content (AvgIpc) is 2.85. The second-order valence-electron chi connectivity index (χ2n) is 3.87. The van der Waals surface area contributed by atoms with Crippen LogP contribution in [-0.4, -0.2) is 16.8 Å². The Hall–Kier alpha value is -0.830. The summed E-state index contributed by atoms with van der Waals surface area (Å²) in [6.07, 6.45) is 8.26. The Morgan fingerprint density at radius 2 is 2.46 bits per heavy atom. The van der Waals surface area contributed by atoms with E-state index in [0.717, 1.165) is 19.0 Å². The lowest BCUT2D eigenvalue weighted by atomic mass is 10.3. The molecule has 2 rings (SSSR count). The van der Waals surface area contributed by atoms with Crippen molar-refractivity contribution in [3.05, 3.63) is 18.0 Å². The summed E-state index contributed by atoms with van der Waals surface area (Å²) >= 11 is 0. The van der Waals surface area contributed by atoms with Gasteiger partial charge in [-0.3, -0.25) is 4.68 Å². The van der Waals surface area contributed by atoms with Gasteiger partial charge < -0.3 is 5.32 Å². The summed E-state index contributed by atoms with van der Waals surface area (Å²) in [5, 5.41) is 7.43. The number of rotatable bonds is 5. The zero-order valence-corrected chi connectivity index (χ0v) is 8.16. The van der Waals surface area contributed by atoms with E-state index in [4.69, 9.17) is 0 Å². The van der Waals surface area contributed by atoms with Crippen LogP contribution in [0, 0.1) is 5.92 Å². The van der Waals surface area contributed by atoms with E-state index >= 15 is 0 Å². The monoisotopic (exact) mass is 179 g/mol. The third kappa shape index (κ3) is 2.56. The smallest absolute Gasteiger partial charge is 0.0534 e. The Morgan fingerprint density at radius 3 is 3.15 bits per heavy atom. The fourth-order valence-corrected chi connectivity index (χ4v) is 1.55. The Bertz CT molecular complexity index is 263. The van der Waals surface area contributed by atoms with E-state index in [-0.39, 0.29) is 0 Å². The maximum atomic E-state index is 4.31. The molecule has 3 heteroatoms. The first-order chi connectivity index (χ1) is 6.38. The number of aromatic nitrogens is 2. The van der Waals surface area contributed by atoms with Crippen LogP contribution >= 0.6 is 0 Å². The fourth-order valence-electron chi connectivity index (χ4n) is 1.55. The molecule has 0 bridgehead atoms. The number of nitrogens with zero attached hydrogens (tertiary/aromatic N) is 2. The van der Waals surface area contributed by atoms with Crippen LogP contribution in [0.4, 0.5) is 0 Å². The zero-order valence-electron chi connectivity index (χ0n) is 8.16. The predicted molar refractivity (Wildman–Crippen MR) is 52.3 cm³/mol. The van der Waals surface area contributed by atoms with Gasteiger partial charge in [0.1, 0.15) is 0 Å². The molecule has 1 N–H and O–H groups in total. The van der Waals surface area contributed by atoms with E-state index in [2.05, 4.69) is 21.3 Å². The van der Waals surface area contributed by atoms with Crippen LogP contribution in [0.2, 0.25) is 0 Å². The number of hydrogen-bond acceptors (Lipinski definition) is 2. The molecule has 0 aliphatic heterocycles. The normalized spacial score (nSPS) is 16.4. The molecule has 0 atom stereocenters. The lowest BCUT2D eigenvalue weighted by molar-refractivity contribution is 0.546.